The van der Waals surface area contributed by atoms with Crippen molar-refractivity contribution in [3.05, 3.63) is 65.9 Å². The first-order valence-electron chi connectivity index (χ1n) is 9.20. The molecular formula is C22H25N3S. The summed E-state index contributed by atoms with van der Waals surface area (Å²) < 4.78 is 0. The fourth-order valence-corrected chi connectivity index (χ4v) is 4.50. The zero-order valence-corrected chi connectivity index (χ0v) is 16.2. The number of fused-ring (bicyclic) bond motifs is 1. The van der Waals surface area contributed by atoms with E-state index >= 15 is 0 Å². The number of aromatic nitrogens is 1. The zero-order valence-electron chi connectivity index (χ0n) is 15.4. The van der Waals surface area contributed by atoms with Crippen molar-refractivity contribution in [2.75, 3.05) is 25.9 Å². The van der Waals surface area contributed by atoms with Crippen LogP contribution in [0, 0.1) is 6.92 Å². The number of rotatable bonds is 5. The quantitative estimate of drug-likeness (QED) is 0.506. The predicted octanol–water partition coefficient (Wildman–Crippen LogP) is 5.09. The van der Waals surface area contributed by atoms with E-state index in [1.54, 1.807) is 0 Å². The van der Waals surface area contributed by atoms with Crippen LogP contribution in [0.15, 0.2) is 64.6 Å². The largest absolute Gasteiger partial charge is 0.363 e. The summed E-state index contributed by atoms with van der Waals surface area (Å²) in [5, 5.41) is 1.31. The molecule has 0 saturated carbocycles. The van der Waals surface area contributed by atoms with Crippen molar-refractivity contribution < 1.29 is 0 Å². The molecule has 4 heteroatoms. The lowest BCUT2D eigenvalue weighted by Gasteiger charge is -2.12. The molecule has 1 unspecified atom stereocenters. The van der Waals surface area contributed by atoms with Crippen molar-refractivity contribution in [2.24, 2.45) is 4.99 Å². The number of thioether (sulfide) groups is 1. The van der Waals surface area contributed by atoms with E-state index in [0.29, 0.717) is 5.92 Å². The Kier molecular flexibility index (Phi) is 5.02. The maximum absolute atomic E-state index is 4.89. The second kappa shape index (κ2) is 7.58. The minimum atomic E-state index is 0.570. The van der Waals surface area contributed by atoms with Gasteiger partial charge in [0.15, 0.2) is 0 Å². The number of aromatic amines is 1. The summed E-state index contributed by atoms with van der Waals surface area (Å²) >= 11 is 1.88. The number of nitrogens with zero attached hydrogens (tertiary/aromatic N) is 2. The van der Waals surface area contributed by atoms with Gasteiger partial charge in [0.1, 0.15) is 0 Å². The van der Waals surface area contributed by atoms with Gasteiger partial charge in [0.25, 0.3) is 0 Å². The number of likely N-dealkylation sites (N-methyl/N-ethyl adjacent to an activating group) is 1. The van der Waals surface area contributed by atoms with Crippen LogP contribution in [0.3, 0.4) is 0 Å². The van der Waals surface area contributed by atoms with Crippen LogP contribution in [0.2, 0.25) is 0 Å². The van der Waals surface area contributed by atoms with Crippen LogP contribution in [0.4, 0.5) is 0 Å². The van der Waals surface area contributed by atoms with Crippen LogP contribution >= 0.6 is 11.8 Å². The van der Waals surface area contributed by atoms with Gasteiger partial charge in [0.05, 0.1) is 12.4 Å². The Morgan fingerprint density at radius 3 is 2.81 bits per heavy atom. The van der Waals surface area contributed by atoms with E-state index in [9.17, 15) is 0 Å². The fraction of sp³-hybridized carbons (Fsp3) is 0.318. The van der Waals surface area contributed by atoms with E-state index in [1.807, 2.05) is 11.8 Å². The standard InChI is InChI=1S/C22H25N3S/c1-16-7-9-17(10-8-16)18-13-22(25(2)15-18)23-11-12-26-21-14-24-20-6-4-3-5-19(20)21/h3-10,14,18,24H,11-13,15H2,1-2H3. The van der Waals surface area contributed by atoms with Crippen LogP contribution in [-0.4, -0.2) is 41.6 Å². The molecule has 0 bridgehead atoms. The minimum absolute atomic E-state index is 0.570. The third-order valence-electron chi connectivity index (χ3n) is 5.11. The molecule has 134 valence electrons. The van der Waals surface area contributed by atoms with Crippen molar-refractivity contribution >= 4 is 28.5 Å². The Morgan fingerprint density at radius 2 is 1.96 bits per heavy atom. The second-order valence-corrected chi connectivity index (χ2v) is 8.17. The number of amidine groups is 1. The number of aliphatic imine (C=N–C) groups is 1. The van der Waals surface area contributed by atoms with Crippen molar-refractivity contribution in [3.63, 3.8) is 0 Å². The van der Waals surface area contributed by atoms with E-state index < -0.39 is 0 Å². The van der Waals surface area contributed by atoms with Crippen LogP contribution in [-0.2, 0) is 0 Å². The minimum Gasteiger partial charge on any atom is -0.363 e. The van der Waals surface area contributed by atoms with E-state index in [0.717, 1.165) is 25.3 Å². The Hall–Kier alpha value is -2.20. The molecule has 1 aliphatic heterocycles. The molecule has 26 heavy (non-hydrogen) atoms. The van der Waals surface area contributed by atoms with Crippen LogP contribution in [0.1, 0.15) is 23.5 Å². The van der Waals surface area contributed by atoms with Crippen molar-refractivity contribution in [1.82, 2.24) is 9.88 Å². The average molecular weight is 364 g/mol. The number of para-hydroxylation sites is 1. The van der Waals surface area contributed by atoms with Gasteiger partial charge in [-0.25, -0.2) is 0 Å². The summed E-state index contributed by atoms with van der Waals surface area (Å²) in [7, 11) is 2.17. The Balaban J connectivity index is 1.34. The van der Waals surface area contributed by atoms with Gasteiger partial charge in [0, 0.05) is 53.7 Å². The lowest BCUT2D eigenvalue weighted by atomic mass is 9.97. The second-order valence-electron chi connectivity index (χ2n) is 7.04. The van der Waals surface area contributed by atoms with E-state index in [1.165, 1.54) is 32.8 Å². The third kappa shape index (κ3) is 3.65. The molecule has 4 rings (SSSR count). The number of H-pyrrole nitrogens is 1. The molecule has 1 aromatic heterocycles. The highest BCUT2D eigenvalue weighted by Crippen LogP contribution is 2.29. The molecule has 2 heterocycles. The summed E-state index contributed by atoms with van der Waals surface area (Å²) in [6, 6.07) is 17.4. The number of hydrogen-bond donors (Lipinski definition) is 1. The van der Waals surface area contributed by atoms with Gasteiger partial charge in [-0.2, -0.15) is 0 Å². The predicted molar refractivity (Wildman–Crippen MR) is 112 cm³/mol. The molecule has 1 N–H and O–H groups in total. The molecule has 0 spiro atoms. The Morgan fingerprint density at radius 1 is 1.15 bits per heavy atom. The topological polar surface area (TPSA) is 31.4 Å². The molecule has 1 aliphatic rings. The van der Waals surface area contributed by atoms with Crippen molar-refractivity contribution in [2.45, 2.75) is 24.2 Å². The first-order valence-corrected chi connectivity index (χ1v) is 10.2. The first kappa shape index (κ1) is 17.2. The summed E-state index contributed by atoms with van der Waals surface area (Å²) in [5.74, 6) is 2.82. The highest BCUT2D eigenvalue weighted by Gasteiger charge is 2.26. The normalized spacial score (nSPS) is 18.9. The number of hydrogen-bond acceptors (Lipinski definition) is 2. The lowest BCUT2D eigenvalue weighted by Crippen LogP contribution is -2.20. The van der Waals surface area contributed by atoms with Gasteiger partial charge < -0.3 is 9.88 Å². The summed E-state index contributed by atoms with van der Waals surface area (Å²) in [6.07, 6.45) is 3.16. The zero-order chi connectivity index (χ0) is 17.9. The smallest absolute Gasteiger partial charge is 0.0993 e. The molecule has 1 fully saturated rings. The summed E-state index contributed by atoms with van der Waals surface area (Å²) in [5.41, 5.74) is 3.96. The van der Waals surface area contributed by atoms with E-state index in [4.69, 9.17) is 4.99 Å². The molecular weight excluding hydrogens is 338 g/mol. The first-order chi connectivity index (χ1) is 12.7. The number of aryl methyl sites for hydroxylation is 1. The highest BCUT2D eigenvalue weighted by molar-refractivity contribution is 7.99. The average Bonchev–Trinajstić information content (AvgIpc) is 3.23. The molecule has 0 aliphatic carbocycles. The molecule has 0 amide bonds. The van der Waals surface area contributed by atoms with Gasteiger partial charge in [-0.3, -0.25) is 4.99 Å². The number of likely N-dealkylation sites (tertiary alicyclic amines) is 1. The summed E-state index contributed by atoms with van der Waals surface area (Å²) in [4.78, 5) is 11.9. The van der Waals surface area contributed by atoms with Crippen molar-refractivity contribution in [3.8, 4) is 0 Å². The Labute approximate surface area is 159 Å². The summed E-state index contributed by atoms with van der Waals surface area (Å²) in [6.45, 7) is 4.07. The van der Waals surface area contributed by atoms with Gasteiger partial charge in [-0.05, 0) is 18.6 Å². The maximum Gasteiger partial charge on any atom is 0.0993 e. The number of nitrogens with one attached hydrogen (secondary N) is 1. The monoisotopic (exact) mass is 363 g/mol. The van der Waals surface area contributed by atoms with Crippen molar-refractivity contribution in [1.29, 1.82) is 0 Å². The fourth-order valence-electron chi connectivity index (χ4n) is 3.62. The van der Waals surface area contributed by atoms with Crippen LogP contribution < -0.4 is 0 Å². The van der Waals surface area contributed by atoms with Crippen LogP contribution in [0.5, 0.6) is 0 Å². The highest BCUT2D eigenvalue weighted by atomic mass is 32.2. The maximum atomic E-state index is 4.89. The lowest BCUT2D eigenvalue weighted by molar-refractivity contribution is 0.519. The number of benzene rings is 2. The SMILES string of the molecule is Cc1ccc(C2CC(=NCCSc3c[nH]c4ccccc34)N(C)C2)cc1. The molecule has 1 saturated heterocycles. The molecule has 1 atom stereocenters. The van der Waals surface area contributed by atoms with Gasteiger partial charge in [0.2, 0.25) is 0 Å². The third-order valence-corrected chi connectivity index (χ3v) is 6.14. The molecule has 3 nitrogen and oxygen atoms in total. The van der Waals surface area contributed by atoms with E-state index in [-0.39, 0.29) is 0 Å². The van der Waals surface area contributed by atoms with Crippen LogP contribution in [0.25, 0.3) is 10.9 Å². The van der Waals surface area contributed by atoms with Gasteiger partial charge in [-0.1, -0.05) is 48.0 Å². The Bertz CT molecular complexity index is 911. The van der Waals surface area contributed by atoms with E-state index in [2.05, 4.69) is 78.6 Å². The van der Waals surface area contributed by atoms with Gasteiger partial charge in [-0.15, -0.1) is 11.8 Å². The molecule has 2 aromatic carbocycles. The molecule has 3 aromatic rings. The molecule has 0 radical (unpaired) electrons. The van der Waals surface area contributed by atoms with Gasteiger partial charge >= 0.3 is 0 Å².